The van der Waals surface area contributed by atoms with Crippen molar-refractivity contribution >= 4 is 11.7 Å². The Morgan fingerprint density at radius 2 is 2.17 bits per heavy atom. The first-order valence-corrected chi connectivity index (χ1v) is 6.33. The zero-order chi connectivity index (χ0) is 13.4. The van der Waals surface area contributed by atoms with E-state index in [4.69, 9.17) is 5.11 Å². The number of carbonyl (C=O) groups is 1. The third kappa shape index (κ3) is 4.71. The summed E-state index contributed by atoms with van der Waals surface area (Å²) in [6.45, 7) is 8.32. The first-order valence-electron chi connectivity index (χ1n) is 6.33. The molecule has 0 saturated heterocycles. The number of nitrogens with zero attached hydrogens (tertiary/aromatic N) is 2. The van der Waals surface area contributed by atoms with E-state index in [1.54, 1.807) is 12.1 Å². The van der Waals surface area contributed by atoms with Gasteiger partial charge < -0.3 is 15.3 Å². The minimum absolute atomic E-state index is 0.0729. The fourth-order valence-corrected chi connectivity index (χ4v) is 1.73. The molecule has 0 saturated carbocycles. The van der Waals surface area contributed by atoms with E-state index in [9.17, 15) is 4.79 Å². The lowest BCUT2D eigenvalue weighted by atomic mass is 10.3. The second-order valence-electron chi connectivity index (χ2n) is 4.04. The number of rotatable bonds is 8. The van der Waals surface area contributed by atoms with Gasteiger partial charge in [-0.3, -0.25) is 0 Å². The second-order valence-corrected chi connectivity index (χ2v) is 4.04. The molecule has 1 aromatic rings. The van der Waals surface area contributed by atoms with E-state index in [2.05, 4.69) is 29.0 Å². The van der Waals surface area contributed by atoms with Crippen LogP contribution >= 0.6 is 0 Å². The van der Waals surface area contributed by atoms with Crippen LogP contribution in [0.2, 0.25) is 0 Å². The molecule has 0 aliphatic rings. The van der Waals surface area contributed by atoms with Crippen LogP contribution in [0.4, 0.5) is 5.69 Å². The lowest BCUT2D eigenvalue weighted by molar-refractivity contribution is 0.0690. The Bertz CT molecular complexity index is 378. The van der Waals surface area contributed by atoms with Crippen LogP contribution in [0, 0.1) is 0 Å². The third-order valence-corrected chi connectivity index (χ3v) is 2.85. The summed E-state index contributed by atoms with van der Waals surface area (Å²) in [5.74, 6) is -0.998. The average Bonchev–Trinajstić information content (AvgIpc) is 2.39. The second kappa shape index (κ2) is 7.66. The lowest BCUT2D eigenvalue weighted by Gasteiger charge is -2.17. The molecule has 1 rings (SSSR count). The van der Waals surface area contributed by atoms with Gasteiger partial charge in [0.1, 0.15) is 5.69 Å². The van der Waals surface area contributed by atoms with Crippen molar-refractivity contribution in [1.82, 2.24) is 9.88 Å². The van der Waals surface area contributed by atoms with Gasteiger partial charge in [-0.25, -0.2) is 9.78 Å². The number of carboxylic acids is 1. The Balaban J connectivity index is 2.35. The zero-order valence-corrected chi connectivity index (χ0v) is 11.0. The minimum Gasteiger partial charge on any atom is -0.477 e. The van der Waals surface area contributed by atoms with Gasteiger partial charge in [-0.1, -0.05) is 13.8 Å². The highest BCUT2D eigenvalue weighted by Gasteiger charge is 2.04. The average molecular weight is 251 g/mol. The highest BCUT2D eigenvalue weighted by Crippen LogP contribution is 2.07. The van der Waals surface area contributed by atoms with Crippen LogP contribution in [0.5, 0.6) is 0 Å². The summed E-state index contributed by atoms with van der Waals surface area (Å²) in [5, 5.41) is 12.0. The Labute approximate surface area is 108 Å². The molecular formula is C13H21N3O2. The summed E-state index contributed by atoms with van der Waals surface area (Å²) in [4.78, 5) is 16.9. The van der Waals surface area contributed by atoms with Crippen LogP contribution in [0.1, 0.15) is 30.8 Å². The molecule has 0 radical (unpaired) electrons. The van der Waals surface area contributed by atoms with Crippen molar-refractivity contribution in [2.45, 2.75) is 20.3 Å². The molecule has 5 nitrogen and oxygen atoms in total. The van der Waals surface area contributed by atoms with Gasteiger partial charge in [-0.05, 0) is 38.2 Å². The van der Waals surface area contributed by atoms with Crippen LogP contribution < -0.4 is 5.32 Å². The molecule has 2 N–H and O–H groups in total. The maximum absolute atomic E-state index is 10.8. The molecule has 100 valence electrons. The molecule has 0 atom stereocenters. The van der Waals surface area contributed by atoms with Crippen LogP contribution in [-0.2, 0) is 0 Å². The molecule has 0 unspecified atom stereocenters. The highest BCUT2D eigenvalue weighted by atomic mass is 16.4. The van der Waals surface area contributed by atoms with E-state index < -0.39 is 5.97 Å². The normalized spacial score (nSPS) is 10.6. The monoisotopic (exact) mass is 251 g/mol. The van der Waals surface area contributed by atoms with E-state index in [0.717, 1.165) is 38.3 Å². The van der Waals surface area contributed by atoms with Crippen molar-refractivity contribution in [1.29, 1.82) is 0 Å². The highest BCUT2D eigenvalue weighted by molar-refractivity contribution is 5.86. The Morgan fingerprint density at radius 1 is 1.44 bits per heavy atom. The fourth-order valence-electron chi connectivity index (χ4n) is 1.73. The van der Waals surface area contributed by atoms with Crippen molar-refractivity contribution in [2.75, 3.05) is 31.5 Å². The van der Waals surface area contributed by atoms with Crippen molar-refractivity contribution in [3.05, 3.63) is 24.0 Å². The molecule has 1 aromatic heterocycles. The van der Waals surface area contributed by atoms with E-state index in [0.29, 0.717) is 0 Å². The smallest absolute Gasteiger partial charge is 0.354 e. The SMILES string of the molecule is CCN(CC)CCCNc1ccnc(C(=O)O)c1. The molecule has 5 heteroatoms. The molecule has 0 spiro atoms. The van der Waals surface area contributed by atoms with Crippen molar-refractivity contribution in [2.24, 2.45) is 0 Å². The van der Waals surface area contributed by atoms with Crippen molar-refractivity contribution < 1.29 is 9.90 Å². The first kappa shape index (κ1) is 14.4. The fraction of sp³-hybridized carbons (Fsp3) is 0.538. The number of anilines is 1. The van der Waals surface area contributed by atoms with Crippen LogP contribution in [0.25, 0.3) is 0 Å². The van der Waals surface area contributed by atoms with Gasteiger partial charge in [0.05, 0.1) is 0 Å². The van der Waals surface area contributed by atoms with Gasteiger partial charge in [-0.2, -0.15) is 0 Å². The molecule has 18 heavy (non-hydrogen) atoms. The number of carboxylic acid groups (broad SMARTS) is 1. The molecule has 0 bridgehead atoms. The van der Waals surface area contributed by atoms with Gasteiger partial charge >= 0.3 is 5.97 Å². The van der Waals surface area contributed by atoms with Crippen molar-refractivity contribution in [3.63, 3.8) is 0 Å². The quantitative estimate of drug-likeness (QED) is 0.691. The van der Waals surface area contributed by atoms with Gasteiger partial charge in [0.2, 0.25) is 0 Å². The predicted octanol–water partition coefficient (Wildman–Crippen LogP) is 1.92. The summed E-state index contributed by atoms with van der Waals surface area (Å²) in [5.41, 5.74) is 0.880. The molecule has 0 fully saturated rings. The summed E-state index contributed by atoms with van der Waals surface area (Å²) < 4.78 is 0. The zero-order valence-electron chi connectivity index (χ0n) is 11.0. The van der Waals surface area contributed by atoms with E-state index >= 15 is 0 Å². The molecule has 0 aliphatic carbocycles. The van der Waals surface area contributed by atoms with E-state index in [-0.39, 0.29) is 5.69 Å². The summed E-state index contributed by atoms with van der Waals surface area (Å²) in [6, 6.07) is 3.34. The van der Waals surface area contributed by atoms with E-state index in [1.807, 2.05) is 0 Å². The van der Waals surface area contributed by atoms with Crippen LogP contribution in [0.3, 0.4) is 0 Å². The molecule has 0 aromatic carbocycles. The number of aromatic carboxylic acids is 1. The topological polar surface area (TPSA) is 65.5 Å². The van der Waals surface area contributed by atoms with E-state index in [1.165, 1.54) is 6.20 Å². The number of hydrogen-bond donors (Lipinski definition) is 2. The third-order valence-electron chi connectivity index (χ3n) is 2.85. The van der Waals surface area contributed by atoms with Gasteiger partial charge in [0.25, 0.3) is 0 Å². The summed E-state index contributed by atoms with van der Waals surface area (Å²) in [7, 11) is 0. The van der Waals surface area contributed by atoms with Crippen LogP contribution in [0.15, 0.2) is 18.3 Å². The molecule has 0 amide bonds. The largest absolute Gasteiger partial charge is 0.477 e. The number of pyridine rings is 1. The van der Waals surface area contributed by atoms with Crippen LogP contribution in [-0.4, -0.2) is 47.1 Å². The first-order chi connectivity index (χ1) is 8.67. The maximum atomic E-state index is 10.8. The minimum atomic E-state index is -0.998. The van der Waals surface area contributed by atoms with Gasteiger partial charge in [-0.15, -0.1) is 0 Å². The molecule has 0 aliphatic heterocycles. The maximum Gasteiger partial charge on any atom is 0.354 e. The predicted molar refractivity (Wildman–Crippen MR) is 72.1 cm³/mol. The number of hydrogen-bond acceptors (Lipinski definition) is 4. The van der Waals surface area contributed by atoms with Gasteiger partial charge in [0, 0.05) is 18.4 Å². The number of aromatic nitrogens is 1. The van der Waals surface area contributed by atoms with Crippen molar-refractivity contribution in [3.8, 4) is 0 Å². The Kier molecular flexibility index (Phi) is 6.14. The standard InChI is InChI=1S/C13H21N3O2/c1-3-16(4-2)9-5-7-14-11-6-8-15-12(10-11)13(17)18/h6,8,10H,3-5,7,9H2,1-2H3,(H,14,15)(H,17,18). The molecule has 1 heterocycles. The number of nitrogens with one attached hydrogen (secondary N) is 1. The Morgan fingerprint density at radius 3 is 2.78 bits per heavy atom. The van der Waals surface area contributed by atoms with Gasteiger partial charge in [0.15, 0.2) is 0 Å². The Hall–Kier alpha value is -1.62. The summed E-state index contributed by atoms with van der Waals surface area (Å²) in [6.07, 6.45) is 2.54. The summed E-state index contributed by atoms with van der Waals surface area (Å²) >= 11 is 0. The molecular weight excluding hydrogens is 230 g/mol. The lowest BCUT2D eigenvalue weighted by Crippen LogP contribution is -2.25.